The second-order valence-electron chi connectivity index (χ2n) is 5.33. The number of carbonyl (C=O) groups is 2. The highest BCUT2D eigenvalue weighted by Crippen LogP contribution is 2.32. The van der Waals surface area contributed by atoms with Gasteiger partial charge in [0.1, 0.15) is 6.54 Å². The molecule has 0 atom stereocenters. The van der Waals surface area contributed by atoms with Crippen LogP contribution in [-0.4, -0.2) is 29.9 Å². The molecular weight excluding hydrogens is 326 g/mol. The maximum Gasteiger partial charge on any atom is 0.311 e. The fraction of sp³-hybridized carbons (Fsp3) is 0.176. The van der Waals surface area contributed by atoms with E-state index in [0.29, 0.717) is 11.4 Å². The third kappa shape index (κ3) is 3.14. The van der Waals surface area contributed by atoms with Crippen LogP contribution in [0.4, 0.5) is 17.1 Å². The monoisotopic (exact) mass is 341 g/mol. The number of amides is 2. The number of nitrogens with one attached hydrogen (secondary N) is 1. The zero-order valence-corrected chi connectivity index (χ0v) is 13.4. The average molecular weight is 341 g/mol. The molecule has 1 N–H and O–H groups in total. The van der Waals surface area contributed by atoms with Crippen molar-refractivity contribution in [3.63, 3.8) is 0 Å². The first-order valence-corrected chi connectivity index (χ1v) is 7.63. The fourth-order valence-corrected chi connectivity index (χ4v) is 2.64. The average Bonchev–Trinajstić information content (AvgIpc) is 2.60. The number of benzene rings is 2. The number of carbonyl (C=O) groups excluding carboxylic acids is 2. The van der Waals surface area contributed by atoms with Gasteiger partial charge < -0.3 is 10.1 Å². The van der Waals surface area contributed by atoms with Crippen LogP contribution in [0.25, 0.3) is 0 Å². The van der Waals surface area contributed by atoms with Gasteiger partial charge in [0.25, 0.3) is 5.91 Å². The van der Waals surface area contributed by atoms with Crippen molar-refractivity contribution in [1.82, 2.24) is 0 Å². The van der Waals surface area contributed by atoms with Gasteiger partial charge in [0.15, 0.2) is 5.75 Å². The minimum absolute atomic E-state index is 0.0980. The Morgan fingerprint density at radius 2 is 2.08 bits per heavy atom. The number of nitro groups is 1. The SMILES string of the molecule is CCOc1ccc(C(=O)N2CC(=O)Nc3ccccc32)cc1[N+](=O)[O-]. The van der Waals surface area contributed by atoms with Gasteiger partial charge in [-0.25, -0.2) is 0 Å². The lowest BCUT2D eigenvalue weighted by Crippen LogP contribution is -2.42. The van der Waals surface area contributed by atoms with E-state index in [0.717, 1.165) is 0 Å². The molecule has 3 rings (SSSR count). The van der Waals surface area contributed by atoms with E-state index >= 15 is 0 Å². The second kappa shape index (κ2) is 6.60. The zero-order chi connectivity index (χ0) is 18.0. The summed E-state index contributed by atoms with van der Waals surface area (Å²) < 4.78 is 5.22. The van der Waals surface area contributed by atoms with E-state index in [9.17, 15) is 19.7 Å². The van der Waals surface area contributed by atoms with Crippen LogP contribution < -0.4 is 15.0 Å². The Morgan fingerprint density at radius 1 is 1.32 bits per heavy atom. The Kier molecular flexibility index (Phi) is 4.34. The number of anilines is 2. The predicted molar refractivity (Wildman–Crippen MR) is 91.0 cm³/mol. The first-order chi connectivity index (χ1) is 12.0. The number of ether oxygens (including phenoxy) is 1. The minimum atomic E-state index is -0.599. The van der Waals surface area contributed by atoms with Crippen molar-refractivity contribution >= 4 is 28.9 Å². The molecular formula is C17H15N3O5. The molecule has 25 heavy (non-hydrogen) atoms. The van der Waals surface area contributed by atoms with Crippen LogP contribution in [0.1, 0.15) is 17.3 Å². The van der Waals surface area contributed by atoms with E-state index in [2.05, 4.69) is 5.32 Å². The maximum atomic E-state index is 12.8. The Bertz CT molecular complexity index is 865. The van der Waals surface area contributed by atoms with Crippen LogP contribution in [0.3, 0.4) is 0 Å². The summed E-state index contributed by atoms with van der Waals surface area (Å²) in [5.41, 5.74) is 0.887. The first kappa shape index (κ1) is 16.4. The molecule has 0 radical (unpaired) electrons. The van der Waals surface area contributed by atoms with Crippen molar-refractivity contribution in [2.24, 2.45) is 0 Å². The second-order valence-corrected chi connectivity index (χ2v) is 5.33. The number of para-hydroxylation sites is 2. The number of nitrogens with zero attached hydrogens (tertiary/aromatic N) is 2. The molecule has 0 spiro atoms. The molecule has 2 aromatic rings. The van der Waals surface area contributed by atoms with Crippen molar-refractivity contribution in [1.29, 1.82) is 0 Å². The van der Waals surface area contributed by atoms with Crippen LogP contribution >= 0.6 is 0 Å². The number of hydrogen-bond acceptors (Lipinski definition) is 5. The summed E-state index contributed by atoms with van der Waals surface area (Å²) in [5, 5.41) is 13.9. The standard InChI is InChI=1S/C17H15N3O5/c1-2-25-15-8-7-11(9-14(15)20(23)24)17(22)19-10-16(21)18-12-5-3-4-6-13(12)19/h3-9H,2,10H2,1H3,(H,18,21). The van der Waals surface area contributed by atoms with E-state index in [1.54, 1.807) is 31.2 Å². The van der Waals surface area contributed by atoms with Gasteiger partial charge in [-0.15, -0.1) is 0 Å². The quantitative estimate of drug-likeness (QED) is 0.680. The topological polar surface area (TPSA) is 102 Å². The molecule has 0 unspecified atom stereocenters. The van der Waals surface area contributed by atoms with E-state index in [-0.39, 0.29) is 36.1 Å². The summed E-state index contributed by atoms with van der Waals surface area (Å²) in [6, 6.07) is 10.9. The number of nitro benzene ring substituents is 1. The molecule has 0 bridgehead atoms. The fourth-order valence-electron chi connectivity index (χ4n) is 2.64. The molecule has 0 saturated heterocycles. The lowest BCUT2D eigenvalue weighted by atomic mass is 10.1. The van der Waals surface area contributed by atoms with E-state index < -0.39 is 10.8 Å². The Hall–Kier alpha value is -3.42. The number of fused-ring (bicyclic) bond motifs is 1. The zero-order valence-electron chi connectivity index (χ0n) is 13.4. The van der Waals surface area contributed by atoms with Crippen LogP contribution in [0.15, 0.2) is 42.5 Å². The highest BCUT2D eigenvalue weighted by atomic mass is 16.6. The highest BCUT2D eigenvalue weighted by molar-refractivity contribution is 6.15. The lowest BCUT2D eigenvalue weighted by Gasteiger charge is -2.29. The molecule has 0 saturated carbocycles. The summed E-state index contributed by atoms with van der Waals surface area (Å²) in [6.45, 7) is 1.83. The molecule has 8 nitrogen and oxygen atoms in total. The number of rotatable bonds is 4. The van der Waals surface area contributed by atoms with Crippen LogP contribution in [0.2, 0.25) is 0 Å². The molecule has 0 aromatic heterocycles. The largest absolute Gasteiger partial charge is 0.487 e. The summed E-state index contributed by atoms with van der Waals surface area (Å²) in [6.07, 6.45) is 0. The normalized spacial score (nSPS) is 13.0. The summed E-state index contributed by atoms with van der Waals surface area (Å²) in [4.78, 5) is 36.6. The molecule has 8 heteroatoms. The Morgan fingerprint density at radius 3 is 2.80 bits per heavy atom. The van der Waals surface area contributed by atoms with Crippen molar-refractivity contribution in [3.05, 3.63) is 58.1 Å². The Labute approximate surface area is 143 Å². The molecule has 1 heterocycles. The third-order valence-electron chi connectivity index (χ3n) is 3.72. The van der Waals surface area contributed by atoms with Crippen LogP contribution in [0, 0.1) is 10.1 Å². The van der Waals surface area contributed by atoms with Gasteiger partial charge in [-0.2, -0.15) is 0 Å². The molecule has 2 amide bonds. The van der Waals surface area contributed by atoms with E-state index in [1.807, 2.05) is 0 Å². The van der Waals surface area contributed by atoms with Crippen molar-refractivity contribution in [2.45, 2.75) is 6.92 Å². The maximum absolute atomic E-state index is 12.8. The van der Waals surface area contributed by atoms with Gasteiger partial charge >= 0.3 is 5.69 Å². The molecule has 0 fully saturated rings. The molecule has 0 aliphatic carbocycles. The molecule has 1 aliphatic heterocycles. The van der Waals surface area contributed by atoms with Gasteiger partial charge in [0, 0.05) is 11.6 Å². The minimum Gasteiger partial charge on any atom is -0.487 e. The molecule has 128 valence electrons. The van der Waals surface area contributed by atoms with Crippen LogP contribution in [-0.2, 0) is 4.79 Å². The van der Waals surface area contributed by atoms with Gasteiger partial charge in [-0.3, -0.25) is 24.6 Å². The number of hydrogen-bond donors (Lipinski definition) is 1. The van der Waals surface area contributed by atoms with E-state index in [4.69, 9.17) is 4.74 Å². The van der Waals surface area contributed by atoms with Gasteiger partial charge in [-0.05, 0) is 31.2 Å². The third-order valence-corrected chi connectivity index (χ3v) is 3.72. The smallest absolute Gasteiger partial charge is 0.311 e. The summed E-state index contributed by atoms with van der Waals surface area (Å²) >= 11 is 0. The van der Waals surface area contributed by atoms with Crippen LogP contribution in [0.5, 0.6) is 5.75 Å². The van der Waals surface area contributed by atoms with Gasteiger partial charge in [0.05, 0.1) is 22.9 Å². The molecule has 1 aliphatic rings. The summed E-state index contributed by atoms with van der Waals surface area (Å²) in [7, 11) is 0. The predicted octanol–water partition coefficient (Wildman–Crippen LogP) is 2.59. The van der Waals surface area contributed by atoms with Crippen molar-refractivity contribution in [2.75, 3.05) is 23.4 Å². The van der Waals surface area contributed by atoms with Crippen molar-refractivity contribution < 1.29 is 19.2 Å². The lowest BCUT2D eigenvalue weighted by molar-refractivity contribution is -0.385. The molecule has 2 aromatic carbocycles. The van der Waals surface area contributed by atoms with Gasteiger partial charge in [-0.1, -0.05) is 12.1 Å². The first-order valence-electron chi connectivity index (χ1n) is 7.63. The van der Waals surface area contributed by atoms with E-state index in [1.165, 1.54) is 23.1 Å². The van der Waals surface area contributed by atoms with Crippen molar-refractivity contribution in [3.8, 4) is 5.75 Å². The Balaban J connectivity index is 2.00. The summed E-state index contributed by atoms with van der Waals surface area (Å²) in [5.74, 6) is -0.721. The van der Waals surface area contributed by atoms with Gasteiger partial charge in [0.2, 0.25) is 5.91 Å². The highest BCUT2D eigenvalue weighted by Gasteiger charge is 2.29.